The van der Waals surface area contributed by atoms with Gasteiger partial charge < -0.3 is 4.90 Å². The molecule has 0 aromatic rings. The van der Waals surface area contributed by atoms with Crippen LogP contribution in [0.2, 0.25) is 0 Å². The quantitative estimate of drug-likeness (QED) is 0.857. The molecular formula is C13H22N2OS2. The Hall–Kier alpha value is 0.130. The van der Waals surface area contributed by atoms with Gasteiger partial charge in [-0.1, -0.05) is 13.8 Å². The molecule has 2 atom stereocenters. The van der Waals surface area contributed by atoms with E-state index in [2.05, 4.69) is 24.1 Å². The fraction of sp³-hybridized carbons (Fsp3) is 0.923. The number of carbonyl (C=O) groups excluding carboxylic acids is 1. The van der Waals surface area contributed by atoms with Gasteiger partial charge in [-0.3, -0.25) is 10.1 Å². The Morgan fingerprint density at radius 2 is 2.22 bits per heavy atom. The average molecular weight is 286 g/mol. The van der Waals surface area contributed by atoms with Crippen molar-refractivity contribution in [1.82, 2.24) is 10.2 Å². The van der Waals surface area contributed by atoms with Gasteiger partial charge in [-0.2, -0.15) is 23.5 Å². The van der Waals surface area contributed by atoms with Crippen LogP contribution in [-0.4, -0.2) is 51.6 Å². The number of nitrogens with zero attached hydrogens (tertiary/aromatic N) is 1. The summed E-state index contributed by atoms with van der Waals surface area (Å²) < 4.78 is 0. The van der Waals surface area contributed by atoms with Gasteiger partial charge in [-0.05, 0) is 18.8 Å². The van der Waals surface area contributed by atoms with E-state index in [9.17, 15) is 4.79 Å². The van der Waals surface area contributed by atoms with Crippen molar-refractivity contribution in [2.24, 2.45) is 5.92 Å². The molecule has 3 aliphatic rings. The smallest absolute Gasteiger partial charge is 0.244 e. The Balaban J connectivity index is 1.69. The monoisotopic (exact) mass is 286 g/mol. The summed E-state index contributed by atoms with van der Waals surface area (Å²) in [6.45, 7) is 5.36. The van der Waals surface area contributed by atoms with E-state index in [4.69, 9.17) is 0 Å². The second-order valence-electron chi connectivity index (χ2n) is 5.94. The van der Waals surface area contributed by atoms with Gasteiger partial charge in [-0.15, -0.1) is 0 Å². The lowest BCUT2D eigenvalue weighted by atomic mass is 10.1. The first-order chi connectivity index (χ1) is 8.62. The molecule has 1 spiro atoms. The van der Waals surface area contributed by atoms with Crippen molar-refractivity contribution in [1.29, 1.82) is 0 Å². The van der Waals surface area contributed by atoms with Crippen molar-refractivity contribution in [3.63, 3.8) is 0 Å². The van der Waals surface area contributed by atoms with Crippen molar-refractivity contribution >= 4 is 29.4 Å². The molecule has 2 saturated heterocycles. The maximum absolute atomic E-state index is 12.5. The van der Waals surface area contributed by atoms with Crippen molar-refractivity contribution < 1.29 is 4.79 Å². The molecule has 102 valence electrons. The van der Waals surface area contributed by atoms with Gasteiger partial charge in [0.15, 0.2) is 0 Å². The molecule has 2 aliphatic heterocycles. The van der Waals surface area contributed by atoms with Crippen LogP contribution in [0.4, 0.5) is 0 Å². The maximum Gasteiger partial charge on any atom is 0.244 e. The highest BCUT2D eigenvalue weighted by Gasteiger charge is 2.59. The van der Waals surface area contributed by atoms with Gasteiger partial charge in [0.2, 0.25) is 5.91 Å². The van der Waals surface area contributed by atoms with Crippen molar-refractivity contribution in [2.75, 3.05) is 23.8 Å². The third-order valence-corrected chi connectivity index (χ3v) is 6.92. The van der Waals surface area contributed by atoms with Crippen molar-refractivity contribution in [2.45, 2.75) is 43.6 Å². The highest BCUT2D eigenvalue weighted by atomic mass is 32.2. The molecule has 1 amide bonds. The SMILES string of the molecule is CC(C)C1NC2(CC2)C(=O)N1CC1CSCCS1. The fourth-order valence-corrected chi connectivity index (χ4v) is 5.56. The number of hydrogen-bond acceptors (Lipinski definition) is 4. The first-order valence-corrected chi connectivity index (χ1v) is 9.11. The van der Waals surface area contributed by atoms with Crippen LogP contribution in [0, 0.1) is 5.92 Å². The van der Waals surface area contributed by atoms with Crippen LogP contribution in [0.15, 0.2) is 0 Å². The second kappa shape index (κ2) is 4.91. The molecule has 1 aliphatic carbocycles. The molecule has 2 unspecified atom stereocenters. The summed E-state index contributed by atoms with van der Waals surface area (Å²) in [4.78, 5) is 14.7. The number of carbonyl (C=O) groups is 1. The minimum Gasteiger partial charge on any atom is -0.324 e. The normalized spacial score (nSPS) is 34.6. The number of nitrogens with one attached hydrogen (secondary N) is 1. The van der Waals surface area contributed by atoms with Gasteiger partial charge in [0.1, 0.15) is 0 Å². The molecule has 1 saturated carbocycles. The zero-order valence-corrected chi connectivity index (χ0v) is 12.8. The topological polar surface area (TPSA) is 32.3 Å². The lowest BCUT2D eigenvalue weighted by Crippen LogP contribution is -2.45. The lowest BCUT2D eigenvalue weighted by Gasteiger charge is -2.31. The van der Waals surface area contributed by atoms with Crippen LogP contribution in [0.25, 0.3) is 0 Å². The van der Waals surface area contributed by atoms with Gasteiger partial charge in [-0.25, -0.2) is 0 Å². The summed E-state index contributed by atoms with van der Waals surface area (Å²) in [5.74, 6) is 4.58. The van der Waals surface area contributed by atoms with E-state index in [1.165, 1.54) is 17.3 Å². The zero-order chi connectivity index (χ0) is 12.8. The number of hydrogen-bond donors (Lipinski definition) is 1. The van der Waals surface area contributed by atoms with Crippen LogP contribution in [-0.2, 0) is 4.79 Å². The van der Waals surface area contributed by atoms with Crippen LogP contribution in [0.1, 0.15) is 26.7 Å². The third-order valence-electron chi connectivity index (χ3n) is 4.10. The molecule has 0 aromatic heterocycles. The molecule has 3 nitrogen and oxygen atoms in total. The minimum absolute atomic E-state index is 0.151. The Labute approximate surface area is 118 Å². The Kier molecular flexibility index (Phi) is 3.58. The van der Waals surface area contributed by atoms with E-state index in [1.807, 2.05) is 23.5 Å². The predicted molar refractivity (Wildman–Crippen MR) is 79.0 cm³/mol. The molecule has 3 fully saturated rings. The molecule has 0 radical (unpaired) electrons. The summed E-state index contributed by atoms with van der Waals surface area (Å²) in [5, 5.41) is 4.22. The van der Waals surface area contributed by atoms with Crippen LogP contribution >= 0.6 is 23.5 Å². The van der Waals surface area contributed by atoms with E-state index in [1.54, 1.807) is 0 Å². The summed E-state index contributed by atoms with van der Waals surface area (Å²) in [5.41, 5.74) is -0.151. The molecule has 18 heavy (non-hydrogen) atoms. The van der Waals surface area contributed by atoms with Gasteiger partial charge in [0.05, 0.1) is 11.7 Å². The molecule has 0 bridgehead atoms. The number of rotatable bonds is 3. The Bertz CT molecular complexity index is 338. The minimum atomic E-state index is -0.151. The number of amides is 1. The highest BCUT2D eigenvalue weighted by Crippen LogP contribution is 2.43. The molecule has 1 N–H and O–H groups in total. The second-order valence-corrected chi connectivity index (χ2v) is 8.50. The standard InChI is InChI=1S/C13H22N2OS2/c1-9(2)11-14-13(3-4-13)12(16)15(11)7-10-8-17-5-6-18-10/h9-11,14H,3-8H2,1-2H3. The first-order valence-electron chi connectivity index (χ1n) is 6.90. The molecule has 3 rings (SSSR count). The fourth-order valence-electron chi connectivity index (χ4n) is 2.89. The van der Waals surface area contributed by atoms with Gasteiger partial charge in [0, 0.05) is 29.1 Å². The molecule has 0 aromatic carbocycles. The summed E-state index contributed by atoms with van der Waals surface area (Å²) in [6.07, 6.45) is 2.34. The Morgan fingerprint density at radius 3 is 2.78 bits per heavy atom. The molecule has 5 heteroatoms. The van der Waals surface area contributed by atoms with E-state index < -0.39 is 0 Å². The van der Waals surface area contributed by atoms with Gasteiger partial charge in [0.25, 0.3) is 0 Å². The van der Waals surface area contributed by atoms with E-state index in [-0.39, 0.29) is 11.7 Å². The van der Waals surface area contributed by atoms with Crippen molar-refractivity contribution in [3.05, 3.63) is 0 Å². The number of thioether (sulfide) groups is 2. The first kappa shape index (κ1) is 13.1. The van der Waals surface area contributed by atoms with Gasteiger partial charge >= 0.3 is 0 Å². The predicted octanol–water partition coefficient (Wildman–Crippen LogP) is 1.78. The van der Waals surface area contributed by atoms with E-state index in [0.29, 0.717) is 17.1 Å². The average Bonchev–Trinajstić information content (AvgIpc) is 3.09. The third kappa shape index (κ3) is 2.29. The summed E-state index contributed by atoms with van der Waals surface area (Å²) in [6, 6.07) is 0. The van der Waals surface area contributed by atoms with Crippen molar-refractivity contribution in [3.8, 4) is 0 Å². The summed E-state index contributed by atoms with van der Waals surface area (Å²) in [7, 11) is 0. The van der Waals surface area contributed by atoms with E-state index >= 15 is 0 Å². The Morgan fingerprint density at radius 1 is 1.44 bits per heavy atom. The molecular weight excluding hydrogens is 264 g/mol. The zero-order valence-electron chi connectivity index (χ0n) is 11.1. The lowest BCUT2D eigenvalue weighted by molar-refractivity contribution is -0.131. The molecule has 2 heterocycles. The van der Waals surface area contributed by atoms with Crippen LogP contribution in [0.3, 0.4) is 0 Å². The van der Waals surface area contributed by atoms with Crippen LogP contribution in [0.5, 0.6) is 0 Å². The largest absolute Gasteiger partial charge is 0.324 e. The maximum atomic E-state index is 12.5. The summed E-state index contributed by atoms with van der Waals surface area (Å²) >= 11 is 4.08. The van der Waals surface area contributed by atoms with Crippen LogP contribution < -0.4 is 5.32 Å². The van der Waals surface area contributed by atoms with E-state index in [0.717, 1.165) is 19.4 Å². The highest BCUT2D eigenvalue weighted by molar-refractivity contribution is 8.06.